The van der Waals surface area contributed by atoms with Crippen molar-refractivity contribution in [2.45, 2.75) is 13.5 Å². The second-order valence-electron chi connectivity index (χ2n) is 6.67. The van der Waals surface area contributed by atoms with E-state index in [1.54, 1.807) is 55.5 Å². The molecular formula is C23H18FN3O3. The first-order valence-corrected chi connectivity index (χ1v) is 9.30. The second-order valence-corrected chi connectivity index (χ2v) is 6.67. The fourth-order valence-electron chi connectivity index (χ4n) is 3.14. The van der Waals surface area contributed by atoms with Crippen LogP contribution in [0.1, 0.15) is 21.9 Å². The molecule has 30 heavy (non-hydrogen) atoms. The fourth-order valence-corrected chi connectivity index (χ4v) is 3.14. The molecule has 0 spiro atoms. The third kappa shape index (κ3) is 3.77. The summed E-state index contributed by atoms with van der Waals surface area (Å²) in [7, 11) is 0. The summed E-state index contributed by atoms with van der Waals surface area (Å²) in [6, 6.07) is 19.7. The van der Waals surface area contributed by atoms with E-state index in [-0.39, 0.29) is 17.9 Å². The van der Waals surface area contributed by atoms with Crippen molar-refractivity contribution in [2.24, 2.45) is 0 Å². The Hall–Kier alpha value is -4.00. The Labute approximate surface area is 171 Å². The fraction of sp³-hybridized carbons (Fsp3) is 0.0870. The number of anilines is 1. The van der Waals surface area contributed by atoms with Gasteiger partial charge in [-0.05, 0) is 43.3 Å². The van der Waals surface area contributed by atoms with Crippen molar-refractivity contribution in [3.05, 3.63) is 112 Å². The zero-order valence-electron chi connectivity index (χ0n) is 16.2. The highest BCUT2D eigenvalue weighted by Gasteiger charge is 2.24. The van der Waals surface area contributed by atoms with E-state index >= 15 is 0 Å². The summed E-state index contributed by atoms with van der Waals surface area (Å²) in [5, 5.41) is 4.22. The molecule has 0 bridgehead atoms. The largest absolute Gasteiger partial charge is 0.467 e. The number of hydrogen-bond acceptors (Lipinski definition) is 4. The van der Waals surface area contributed by atoms with Crippen molar-refractivity contribution in [1.29, 1.82) is 0 Å². The lowest BCUT2D eigenvalue weighted by Gasteiger charge is -2.22. The van der Waals surface area contributed by atoms with Crippen LogP contribution >= 0.6 is 0 Å². The molecule has 2 aromatic carbocycles. The van der Waals surface area contributed by atoms with Gasteiger partial charge in [-0.3, -0.25) is 14.5 Å². The first-order chi connectivity index (χ1) is 14.5. The van der Waals surface area contributed by atoms with Crippen molar-refractivity contribution >= 4 is 11.6 Å². The van der Waals surface area contributed by atoms with Gasteiger partial charge in [0, 0.05) is 17.4 Å². The number of para-hydroxylation sites is 2. The third-order valence-corrected chi connectivity index (χ3v) is 4.60. The van der Waals surface area contributed by atoms with Gasteiger partial charge in [0.2, 0.25) is 5.43 Å². The monoisotopic (exact) mass is 403 g/mol. The quantitative estimate of drug-likeness (QED) is 0.503. The number of aryl methyl sites for hydroxylation is 1. The molecule has 0 aliphatic heterocycles. The number of carbonyl (C=O) groups excluding carboxylic acids is 1. The van der Waals surface area contributed by atoms with Gasteiger partial charge in [0.05, 0.1) is 12.8 Å². The highest BCUT2D eigenvalue weighted by molar-refractivity contribution is 6.04. The number of halogens is 1. The minimum Gasteiger partial charge on any atom is -0.467 e. The van der Waals surface area contributed by atoms with E-state index in [1.165, 1.54) is 34.0 Å². The highest BCUT2D eigenvalue weighted by atomic mass is 19.1. The van der Waals surface area contributed by atoms with Crippen LogP contribution in [-0.2, 0) is 6.54 Å². The molecule has 0 fully saturated rings. The predicted molar refractivity (Wildman–Crippen MR) is 110 cm³/mol. The van der Waals surface area contributed by atoms with Gasteiger partial charge < -0.3 is 4.42 Å². The standard InChI is InChI=1S/C23H18FN3O3/c1-16-14-21(28)22(25-27(16)20-12-6-5-11-19(20)24)23(29)26(15-18-10-7-13-30-18)17-8-3-2-4-9-17/h2-14H,15H2,1H3. The molecule has 0 N–H and O–H groups in total. The lowest BCUT2D eigenvalue weighted by atomic mass is 10.2. The Morgan fingerprint density at radius 3 is 2.50 bits per heavy atom. The first kappa shape index (κ1) is 19.3. The molecule has 0 atom stereocenters. The van der Waals surface area contributed by atoms with Crippen molar-refractivity contribution in [3.8, 4) is 5.69 Å². The molecule has 1 amide bonds. The van der Waals surface area contributed by atoms with Crippen molar-refractivity contribution < 1.29 is 13.6 Å². The molecule has 6 nitrogen and oxygen atoms in total. The number of carbonyl (C=O) groups is 1. The predicted octanol–water partition coefficient (Wildman–Crippen LogP) is 4.12. The zero-order valence-corrected chi connectivity index (χ0v) is 16.2. The minimum atomic E-state index is -0.604. The number of hydrogen-bond donors (Lipinski definition) is 0. The molecule has 2 aromatic heterocycles. The SMILES string of the molecule is Cc1cc(=O)c(C(=O)N(Cc2ccco2)c2ccccc2)nn1-c1ccccc1F. The summed E-state index contributed by atoms with van der Waals surface area (Å²) in [4.78, 5) is 27.4. The average Bonchev–Trinajstić information content (AvgIpc) is 3.26. The van der Waals surface area contributed by atoms with Gasteiger partial charge in [0.15, 0.2) is 5.69 Å². The van der Waals surface area contributed by atoms with Crippen LogP contribution in [0.15, 0.2) is 88.3 Å². The minimum absolute atomic E-state index is 0.116. The van der Waals surface area contributed by atoms with E-state index in [9.17, 15) is 14.0 Å². The molecule has 2 heterocycles. The Kier molecular flexibility index (Phi) is 5.26. The van der Waals surface area contributed by atoms with Crippen LogP contribution in [-0.4, -0.2) is 15.7 Å². The number of rotatable bonds is 5. The first-order valence-electron chi connectivity index (χ1n) is 9.30. The topological polar surface area (TPSA) is 68.3 Å². The summed E-state index contributed by atoms with van der Waals surface area (Å²) < 4.78 is 21.0. The number of amides is 1. The van der Waals surface area contributed by atoms with Gasteiger partial charge in [0.1, 0.15) is 17.3 Å². The molecule has 0 saturated carbocycles. The van der Waals surface area contributed by atoms with Crippen LogP contribution in [0.25, 0.3) is 5.69 Å². The van der Waals surface area contributed by atoms with E-state index in [1.807, 2.05) is 6.07 Å². The summed E-state index contributed by atoms with van der Waals surface area (Å²) in [6.07, 6.45) is 1.51. The Balaban J connectivity index is 1.81. The van der Waals surface area contributed by atoms with Crippen LogP contribution in [0.3, 0.4) is 0 Å². The molecule has 150 valence electrons. The van der Waals surface area contributed by atoms with Gasteiger partial charge in [-0.2, -0.15) is 5.10 Å². The van der Waals surface area contributed by atoms with Crippen molar-refractivity contribution in [1.82, 2.24) is 9.78 Å². The summed E-state index contributed by atoms with van der Waals surface area (Å²) >= 11 is 0. The summed E-state index contributed by atoms with van der Waals surface area (Å²) in [5.41, 5.74) is 0.308. The van der Waals surface area contributed by atoms with Crippen LogP contribution in [0.4, 0.5) is 10.1 Å². The number of benzene rings is 2. The van der Waals surface area contributed by atoms with Crippen LogP contribution in [0, 0.1) is 12.7 Å². The van der Waals surface area contributed by atoms with Gasteiger partial charge in [-0.25, -0.2) is 9.07 Å². The van der Waals surface area contributed by atoms with Crippen LogP contribution in [0.2, 0.25) is 0 Å². The average molecular weight is 403 g/mol. The van der Waals surface area contributed by atoms with E-state index in [0.29, 0.717) is 17.1 Å². The number of nitrogens with zero attached hydrogens (tertiary/aromatic N) is 3. The van der Waals surface area contributed by atoms with Crippen LogP contribution in [0.5, 0.6) is 0 Å². The Bertz CT molecular complexity index is 1230. The Morgan fingerprint density at radius 2 is 1.80 bits per heavy atom. The molecule has 4 rings (SSSR count). The van der Waals surface area contributed by atoms with E-state index in [4.69, 9.17) is 4.42 Å². The van der Waals surface area contributed by atoms with Gasteiger partial charge in [0.25, 0.3) is 5.91 Å². The van der Waals surface area contributed by atoms with Crippen molar-refractivity contribution in [3.63, 3.8) is 0 Å². The highest BCUT2D eigenvalue weighted by Crippen LogP contribution is 2.20. The molecule has 7 heteroatoms. The van der Waals surface area contributed by atoms with Crippen molar-refractivity contribution in [2.75, 3.05) is 4.90 Å². The smallest absolute Gasteiger partial charge is 0.283 e. The van der Waals surface area contributed by atoms with E-state index in [0.717, 1.165) is 0 Å². The zero-order chi connectivity index (χ0) is 21.1. The maximum absolute atomic E-state index is 14.3. The van der Waals surface area contributed by atoms with Crippen LogP contribution < -0.4 is 10.3 Å². The van der Waals surface area contributed by atoms with E-state index in [2.05, 4.69) is 5.10 Å². The molecule has 0 aliphatic rings. The summed E-state index contributed by atoms with van der Waals surface area (Å²) in [6.45, 7) is 1.75. The summed E-state index contributed by atoms with van der Waals surface area (Å²) in [5.74, 6) is -0.563. The van der Waals surface area contributed by atoms with Gasteiger partial charge in [-0.1, -0.05) is 30.3 Å². The Morgan fingerprint density at radius 1 is 1.07 bits per heavy atom. The second kappa shape index (κ2) is 8.16. The van der Waals surface area contributed by atoms with Gasteiger partial charge >= 0.3 is 0 Å². The molecular weight excluding hydrogens is 385 g/mol. The normalized spacial score (nSPS) is 10.7. The molecule has 0 aliphatic carbocycles. The number of aromatic nitrogens is 2. The molecule has 0 unspecified atom stereocenters. The lowest BCUT2D eigenvalue weighted by molar-refractivity contribution is 0.0975. The van der Waals surface area contributed by atoms with E-state index < -0.39 is 17.2 Å². The number of furan rings is 1. The molecule has 0 radical (unpaired) electrons. The maximum Gasteiger partial charge on any atom is 0.283 e. The molecule has 4 aromatic rings. The molecule has 0 saturated heterocycles. The lowest BCUT2D eigenvalue weighted by Crippen LogP contribution is -2.36. The maximum atomic E-state index is 14.3. The van der Waals surface area contributed by atoms with Gasteiger partial charge in [-0.15, -0.1) is 0 Å². The third-order valence-electron chi connectivity index (χ3n) is 4.60.